The molecule has 0 saturated heterocycles. The molecule has 0 radical (unpaired) electrons. The molecule has 0 amide bonds. The highest BCUT2D eigenvalue weighted by Gasteiger charge is 2.20. The molecule has 0 unspecified atom stereocenters. The van der Waals surface area contributed by atoms with Crippen molar-refractivity contribution in [2.24, 2.45) is 0 Å². The van der Waals surface area contributed by atoms with Gasteiger partial charge in [0.15, 0.2) is 23.4 Å². The molecule has 0 fully saturated rings. The van der Waals surface area contributed by atoms with Gasteiger partial charge in [0.2, 0.25) is 5.52 Å². The van der Waals surface area contributed by atoms with E-state index in [2.05, 4.69) is 78.2 Å². The van der Waals surface area contributed by atoms with E-state index < -0.39 is 0 Å². The number of benzene rings is 3. The van der Waals surface area contributed by atoms with Crippen LogP contribution in [0.3, 0.4) is 0 Å². The van der Waals surface area contributed by atoms with Gasteiger partial charge in [-0.1, -0.05) is 37.3 Å². The zero-order chi connectivity index (χ0) is 22.2. The number of ether oxygens (including phenoxy) is 3. The topological polar surface area (TPSA) is 31.8 Å². The van der Waals surface area contributed by atoms with Crippen LogP contribution in [0.1, 0.15) is 12.6 Å². The van der Waals surface area contributed by atoms with E-state index in [1.807, 2.05) is 6.07 Å². The number of nitrogens with zero attached hydrogens (tertiary/aromatic N) is 1. The van der Waals surface area contributed by atoms with Gasteiger partial charge in [0.25, 0.3) is 0 Å². The fraction of sp³-hybridized carbons (Fsp3) is 0.179. The summed E-state index contributed by atoms with van der Waals surface area (Å²) >= 11 is 0. The van der Waals surface area contributed by atoms with Gasteiger partial charge in [-0.2, -0.15) is 4.40 Å². The zero-order valence-corrected chi connectivity index (χ0v) is 18.8. The molecule has 4 heteroatoms. The Kier molecular flexibility index (Phi) is 5.06. The van der Waals surface area contributed by atoms with Crippen molar-refractivity contribution in [3.8, 4) is 28.4 Å². The molecule has 3 aromatic carbocycles. The van der Waals surface area contributed by atoms with Crippen LogP contribution in [0.15, 0.2) is 72.9 Å². The summed E-state index contributed by atoms with van der Waals surface area (Å²) in [6, 6.07) is 23.3. The molecule has 0 N–H and O–H groups in total. The highest BCUT2D eigenvalue weighted by Crippen LogP contribution is 2.37. The Balaban J connectivity index is 1.90. The second-order valence-corrected chi connectivity index (χ2v) is 7.82. The van der Waals surface area contributed by atoms with Crippen molar-refractivity contribution in [3.63, 3.8) is 0 Å². The molecule has 0 aliphatic rings. The molecule has 32 heavy (non-hydrogen) atoms. The number of aromatic nitrogens is 1. The number of rotatable bonds is 5. The Morgan fingerprint density at radius 1 is 0.688 bits per heavy atom. The number of hydrogen-bond acceptors (Lipinski definition) is 3. The average Bonchev–Trinajstić information content (AvgIpc) is 2.85. The molecule has 0 aliphatic heterocycles. The lowest BCUT2D eigenvalue weighted by Crippen LogP contribution is -2.27. The van der Waals surface area contributed by atoms with Crippen LogP contribution in [0, 0.1) is 0 Å². The molecule has 5 rings (SSSR count). The minimum atomic E-state index is 0.735. The van der Waals surface area contributed by atoms with Gasteiger partial charge in [0, 0.05) is 24.1 Å². The second kappa shape index (κ2) is 8.04. The van der Waals surface area contributed by atoms with E-state index in [1.165, 1.54) is 16.5 Å². The van der Waals surface area contributed by atoms with Gasteiger partial charge in [0.1, 0.15) is 5.75 Å². The van der Waals surface area contributed by atoms with Gasteiger partial charge >= 0.3 is 0 Å². The summed E-state index contributed by atoms with van der Waals surface area (Å²) in [5.41, 5.74) is 4.60. The van der Waals surface area contributed by atoms with E-state index >= 15 is 0 Å². The standard InChI is InChI=1S/C28H26NO3/c1-5-24-22-17-28(32-4)27(31-3)15-20(22)13-25-21-16-23(18-9-7-6-8-10-18)26(30-2)14-19(21)11-12-29(24)25/h6-17H,5H2,1-4H3/q+1. The van der Waals surface area contributed by atoms with Crippen molar-refractivity contribution < 1.29 is 18.6 Å². The number of fused-ring (bicyclic) bond motifs is 4. The summed E-state index contributed by atoms with van der Waals surface area (Å²) in [6.45, 7) is 2.19. The van der Waals surface area contributed by atoms with Gasteiger partial charge in [0.05, 0.1) is 32.1 Å². The third-order valence-corrected chi connectivity index (χ3v) is 6.18. The maximum absolute atomic E-state index is 5.75. The molecule has 4 nitrogen and oxygen atoms in total. The lowest BCUT2D eigenvalue weighted by molar-refractivity contribution is -0.518. The van der Waals surface area contributed by atoms with Gasteiger partial charge in [-0.3, -0.25) is 0 Å². The SMILES string of the molecule is CCc1c2cc(OC)c(OC)cc2cc2c3cc(-c4ccccc4)c(OC)cc3cc[n+]12. The monoisotopic (exact) mass is 424 g/mol. The van der Waals surface area contributed by atoms with Crippen LogP contribution >= 0.6 is 0 Å². The van der Waals surface area contributed by atoms with Crippen molar-refractivity contribution in [1.29, 1.82) is 0 Å². The average molecular weight is 425 g/mol. The Morgan fingerprint density at radius 3 is 2.06 bits per heavy atom. The van der Waals surface area contributed by atoms with E-state index in [4.69, 9.17) is 14.2 Å². The highest BCUT2D eigenvalue weighted by molar-refractivity contribution is 6.01. The summed E-state index contributed by atoms with van der Waals surface area (Å²) in [7, 11) is 5.08. The van der Waals surface area contributed by atoms with Crippen molar-refractivity contribution in [1.82, 2.24) is 0 Å². The normalized spacial score (nSPS) is 11.2. The zero-order valence-electron chi connectivity index (χ0n) is 18.8. The Bertz CT molecular complexity index is 1460. The Hall–Kier alpha value is -3.79. The maximum atomic E-state index is 5.75. The van der Waals surface area contributed by atoms with Crippen LogP contribution < -0.4 is 18.6 Å². The number of pyridine rings is 2. The third kappa shape index (κ3) is 3.11. The number of hydrogen-bond donors (Lipinski definition) is 0. The first-order chi connectivity index (χ1) is 15.7. The van der Waals surface area contributed by atoms with Gasteiger partial charge < -0.3 is 14.2 Å². The third-order valence-electron chi connectivity index (χ3n) is 6.18. The molecule has 0 saturated carbocycles. The van der Waals surface area contributed by atoms with Crippen LogP contribution in [0.25, 0.3) is 38.2 Å². The highest BCUT2D eigenvalue weighted by atomic mass is 16.5. The lowest BCUT2D eigenvalue weighted by Gasteiger charge is -2.13. The molecule has 0 spiro atoms. The Labute approximate surface area is 187 Å². The summed E-state index contributed by atoms with van der Waals surface area (Å²) in [4.78, 5) is 0. The van der Waals surface area contributed by atoms with Crippen molar-refractivity contribution in [2.45, 2.75) is 13.3 Å². The molecule has 160 valence electrons. The minimum Gasteiger partial charge on any atom is -0.496 e. The molecule has 2 heterocycles. The van der Waals surface area contributed by atoms with E-state index in [9.17, 15) is 0 Å². The fourth-order valence-electron chi connectivity index (χ4n) is 4.62. The van der Waals surface area contributed by atoms with Gasteiger partial charge in [-0.25, -0.2) is 0 Å². The van der Waals surface area contributed by atoms with Crippen molar-refractivity contribution in [2.75, 3.05) is 21.3 Å². The quantitative estimate of drug-likeness (QED) is 0.197. The largest absolute Gasteiger partial charge is 0.496 e. The molecular formula is C28H26NO3+. The van der Waals surface area contributed by atoms with E-state index in [-0.39, 0.29) is 0 Å². The van der Waals surface area contributed by atoms with Crippen LogP contribution in [0.4, 0.5) is 0 Å². The van der Waals surface area contributed by atoms with Crippen LogP contribution in [0.2, 0.25) is 0 Å². The molecular weight excluding hydrogens is 398 g/mol. The maximum Gasteiger partial charge on any atom is 0.219 e. The molecule has 5 aromatic rings. The van der Waals surface area contributed by atoms with E-state index in [0.717, 1.165) is 51.1 Å². The van der Waals surface area contributed by atoms with Crippen LogP contribution in [-0.2, 0) is 6.42 Å². The smallest absolute Gasteiger partial charge is 0.219 e. The predicted molar refractivity (Wildman–Crippen MR) is 129 cm³/mol. The van der Waals surface area contributed by atoms with E-state index in [0.29, 0.717) is 0 Å². The summed E-state index contributed by atoms with van der Waals surface area (Å²) in [5, 5.41) is 4.62. The van der Waals surface area contributed by atoms with Gasteiger partial charge in [-0.05, 0) is 40.6 Å². The first-order valence-electron chi connectivity index (χ1n) is 10.8. The number of aryl methyl sites for hydroxylation is 1. The first-order valence-corrected chi connectivity index (χ1v) is 10.8. The predicted octanol–water partition coefficient (Wildman–Crippen LogP) is 5.99. The molecule has 2 aromatic heterocycles. The summed E-state index contributed by atoms with van der Waals surface area (Å²) in [5.74, 6) is 2.35. The van der Waals surface area contributed by atoms with Gasteiger partial charge in [-0.15, -0.1) is 0 Å². The summed E-state index contributed by atoms with van der Waals surface area (Å²) < 4.78 is 19.2. The van der Waals surface area contributed by atoms with Crippen molar-refractivity contribution >= 4 is 27.1 Å². The first kappa shape index (κ1) is 20.1. The Morgan fingerprint density at radius 2 is 1.38 bits per heavy atom. The minimum absolute atomic E-state index is 0.735. The summed E-state index contributed by atoms with van der Waals surface area (Å²) in [6.07, 6.45) is 3.04. The lowest BCUT2D eigenvalue weighted by atomic mass is 9.98. The molecule has 0 atom stereocenters. The number of methoxy groups -OCH3 is 3. The molecule has 0 bridgehead atoms. The van der Waals surface area contributed by atoms with Crippen LogP contribution in [0.5, 0.6) is 17.2 Å². The second-order valence-electron chi connectivity index (χ2n) is 7.82. The fourth-order valence-corrected chi connectivity index (χ4v) is 4.62. The van der Waals surface area contributed by atoms with Crippen LogP contribution in [-0.4, -0.2) is 21.3 Å². The molecule has 0 aliphatic carbocycles. The van der Waals surface area contributed by atoms with Crippen molar-refractivity contribution in [3.05, 3.63) is 78.6 Å². The van der Waals surface area contributed by atoms with E-state index in [1.54, 1.807) is 21.3 Å².